The molecule has 8 aromatic carbocycles. The van der Waals surface area contributed by atoms with Crippen molar-refractivity contribution in [3.63, 3.8) is 0 Å². The SMILES string of the molecule is C1=CC2=C(Nn3nnc4ccccc43)C3C4NC(NC5NC(NC6NC(NC7NC(N4)C4C(Nn8nnc9ccccc98)C8CCCCC8C(Nn8nnc9ccccc98)C74)C4C(Nn7nnc8ccccc87)C7C=CC=CC7=C(Nn7nnc8ccccc87)C64)C4C(Nn6nnc7ccccc76)C6CCCCC6C(Nn6nnc7ccccc76)C54)C3C(Nn3nnc4ccccc43)C2C=C1. The summed E-state index contributed by atoms with van der Waals surface area (Å²) in [6, 6.07) is 64.1. The molecule has 9 fully saturated rings. The van der Waals surface area contributed by atoms with Crippen molar-refractivity contribution < 1.29 is 0 Å². The highest BCUT2D eigenvalue weighted by molar-refractivity contribution is 5.80. The molecule has 16 aromatic rings. The van der Waals surface area contributed by atoms with E-state index in [9.17, 15) is 0 Å². The predicted molar refractivity (Wildman–Crippen MR) is 510 cm³/mol. The first-order chi connectivity index (χ1) is 67.4. The summed E-state index contributed by atoms with van der Waals surface area (Å²) < 4.78 is 0. The number of hydrogen-bond acceptors (Lipinski definition) is 32. The fraction of sp³-hybridized carbons (Fsp3) is 0.375. The van der Waals surface area contributed by atoms with Gasteiger partial charge in [0, 0.05) is 70.6 Å². The van der Waals surface area contributed by atoms with Gasteiger partial charge in [-0.1, -0.05) is 171 Å². The maximum Gasteiger partial charge on any atom is 0.115 e. The van der Waals surface area contributed by atoms with Crippen LogP contribution in [0.25, 0.3) is 88.3 Å². The number of benzene rings is 8. The van der Waals surface area contributed by atoms with Crippen molar-refractivity contribution in [2.45, 2.75) is 137 Å². The van der Waals surface area contributed by atoms with Gasteiger partial charge in [0.25, 0.3) is 0 Å². The van der Waals surface area contributed by atoms with Gasteiger partial charge in [0.1, 0.15) is 88.3 Å². The zero-order chi connectivity index (χ0) is 88.9. The van der Waals surface area contributed by atoms with Gasteiger partial charge < -0.3 is 32.6 Å². The van der Waals surface area contributed by atoms with Gasteiger partial charge in [-0.05, 0) is 199 Å². The molecule has 40 nitrogen and oxygen atoms in total. The fourth-order valence-corrected chi connectivity index (χ4v) is 27.3. The van der Waals surface area contributed by atoms with Crippen molar-refractivity contribution in [1.29, 1.82) is 0 Å². The minimum absolute atomic E-state index is 0.0826. The quantitative estimate of drug-likeness (QED) is 0.0520. The van der Waals surface area contributed by atoms with Crippen LogP contribution in [-0.2, 0) is 0 Å². The number of nitrogens with zero attached hydrogens (tertiary/aromatic N) is 24. The Morgan fingerprint density at radius 2 is 0.441 bits per heavy atom. The number of rotatable bonds is 16. The lowest BCUT2D eigenvalue weighted by Crippen LogP contribution is -2.66. The molecule has 28 atom stereocenters. The van der Waals surface area contributed by atoms with E-state index in [0.29, 0.717) is 0 Å². The average Bonchev–Trinajstić information content (AvgIpc) is 1.55. The second kappa shape index (κ2) is 31.6. The molecule has 29 rings (SSSR count). The Morgan fingerprint density at radius 3 is 0.699 bits per heavy atom. The molecular formula is C96H100N40. The van der Waals surface area contributed by atoms with Crippen LogP contribution in [0.3, 0.4) is 0 Å². The monoisotopic (exact) mass is 1810 g/mol. The lowest BCUT2D eigenvalue weighted by Gasteiger charge is -2.54. The van der Waals surface area contributed by atoms with Crippen LogP contribution < -0.4 is 85.9 Å². The van der Waals surface area contributed by atoms with Crippen molar-refractivity contribution in [3.8, 4) is 0 Å². The molecule has 40 heteroatoms. The highest BCUT2D eigenvalue weighted by Crippen LogP contribution is 2.57. The molecule has 13 heterocycles. The van der Waals surface area contributed by atoms with E-state index in [0.717, 1.165) is 162 Å². The van der Waals surface area contributed by atoms with Crippen LogP contribution >= 0.6 is 0 Å². The Hall–Kier alpha value is -14.5. The lowest BCUT2D eigenvalue weighted by molar-refractivity contribution is 0.0296. The van der Waals surface area contributed by atoms with Crippen molar-refractivity contribution in [2.24, 2.45) is 82.9 Å². The van der Waals surface area contributed by atoms with Crippen molar-refractivity contribution in [1.82, 2.24) is 163 Å². The lowest BCUT2D eigenvalue weighted by atomic mass is 9.58. The van der Waals surface area contributed by atoms with E-state index in [1.54, 1.807) is 0 Å². The number of aromatic nitrogens is 24. The minimum atomic E-state index is -0.568. The summed E-state index contributed by atoms with van der Waals surface area (Å²) >= 11 is 0. The summed E-state index contributed by atoms with van der Waals surface area (Å²) in [4.78, 5) is 15.4. The third-order valence-electron chi connectivity index (χ3n) is 32.8. The Labute approximate surface area is 776 Å². The van der Waals surface area contributed by atoms with Gasteiger partial charge in [0.2, 0.25) is 0 Å². The van der Waals surface area contributed by atoms with Crippen LogP contribution in [-0.4, -0.2) is 206 Å². The van der Waals surface area contributed by atoms with Crippen LogP contribution in [0.4, 0.5) is 0 Å². The smallest absolute Gasteiger partial charge is 0.115 e. The highest BCUT2D eigenvalue weighted by atomic mass is 15.7. The molecule has 16 N–H and O–H groups in total. The van der Waals surface area contributed by atoms with E-state index in [-0.39, 0.29) is 95.2 Å². The molecule has 5 aliphatic heterocycles. The highest BCUT2D eigenvalue weighted by Gasteiger charge is 2.67. The van der Waals surface area contributed by atoms with Crippen LogP contribution in [0, 0.1) is 82.9 Å². The molecule has 0 spiro atoms. The van der Waals surface area contributed by atoms with Crippen molar-refractivity contribution in [3.05, 3.63) is 265 Å². The number of nitrogens with one attached hydrogen (secondary N) is 16. The molecule has 28 unspecified atom stereocenters. The summed E-state index contributed by atoms with van der Waals surface area (Å²) in [6.07, 6.45) is 21.7. The standard InChI is InChI=1S/C96H100N40/c1-2-26-50-49(25-1)81(113-129-65-41-17-9-33-57(65)105-121-129)73-74(82(50)114-130-66-42-18-10-34-58(66)106-122-130)90-97-89(73)101-91-75-76(84(116-132-68-44-20-12-36-60(68)108-124-132)52-28-4-3-27-51(52)83(75)115-131-67-43-19-11-35-59(67)107-123-131)93(98-91)103-95-79-80(88(120-136-72-48-24-16-40-64(72)112-128-136)56-32-8-7-31-55(56)87(79)119-135-71-47-23-15-39-63(71)111-127-135)96(100-95)104-94-78-77(92(99-94)102-90)85(117-133-69-45-21-13-37-61(69)109-125-133)53-29-5-6-30-54(53)86(78)118-134-70-46-22-14-38-62(70)110-126-134/h1-2,7-26,31-49,51-54,56,73-81,83-86,88-104,113-120H,3-6,27-30H2. The molecule has 8 aliphatic carbocycles. The normalized spacial score (nSPS) is 33.5. The van der Waals surface area contributed by atoms with Gasteiger partial charge in [-0.3, -0.25) is 53.4 Å². The van der Waals surface area contributed by atoms with E-state index in [1.807, 2.05) is 135 Å². The molecule has 8 aromatic heterocycles. The predicted octanol–water partition coefficient (Wildman–Crippen LogP) is 6.09. The molecular weight excluding hydrogens is 1710 g/mol. The van der Waals surface area contributed by atoms with Crippen molar-refractivity contribution >= 4 is 88.3 Å². The molecule has 0 radical (unpaired) electrons. The van der Waals surface area contributed by atoms with Crippen LogP contribution in [0.2, 0.25) is 0 Å². The number of allylic oxidation sites excluding steroid dienone is 6. The summed E-state index contributed by atoms with van der Waals surface area (Å²) in [5.41, 5.74) is 51.3. The second-order valence-electron chi connectivity index (χ2n) is 39.2. The van der Waals surface area contributed by atoms with Gasteiger partial charge >= 0.3 is 0 Å². The molecule has 5 saturated heterocycles. The van der Waals surface area contributed by atoms with E-state index < -0.39 is 73.2 Å². The van der Waals surface area contributed by atoms with Crippen LogP contribution in [0.5, 0.6) is 0 Å². The van der Waals surface area contributed by atoms with Crippen LogP contribution in [0.1, 0.15) is 51.4 Å². The van der Waals surface area contributed by atoms with Gasteiger partial charge in [-0.2, -0.15) is 38.3 Å². The van der Waals surface area contributed by atoms with Crippen LogP contribution in [0.15, 0.2) is 265 Å². The van der Waals surface area contributed by atoms with E-state index in [2.05, 4.69) is 210 Å². The first kappa shape index (κ1) is 78.9. The summed E-state index contributed by atoms with van der Waals surface area (Å²) in [5, 5.41) is 117. The Balaban J connectivity index is 0.679. The largest absolute Gasteiger partial charge is 0.304 e. The molecule has 13 aliphatic rings. The summed E-state index contributed by atoms with van der Waals surface area (Å²) in [6.45, 7) is 0. The van der Waals surface area contributed by atoms with E-state index in [4.69, 9.17) is 104 Å². The summed E-state index contributed by atoms with van der Waals surface area (Å²) in [7, 11) is 0. The minimum Gasteiger partial charge on any atom is -0.304 e. The third-order valence-corrected chi connectivity index (χ3v) is 32.8. The topological polar surface area (TPSA) is 438 Å². The first-order valence-corrected chi connectivity index (χ1v) is 48.2. The van der Waals surface area contributed by atoms with Crippen molar-refractivity contribution in [2.75, 3.05) is 43.4 Å². The molecule has 136 heavy (non-hydrogen) atoms. The second-order valence-corrected chi connectivity index (χ2v) is 39.2. The Morgan fingerprint density at radius 1 is 0.228 bits per heavy atom. The summed E-state index contributed by atoms with van der Waals surface area (Å²) in [5.74, 6) is -2.90. The molecule has 684 valence electrons. The van der Waals surface area contributed by atoms with Gasteiger partial charge in [0.05, 0.1) is 85.6 Å². The van der Waals surface area contributed by atoms with E-state index >= 15 is 0 Å². The number of hydrogen-bond donors (Lipinski definition) is 16. The number of fused-ring (bicyclic) bond motifs is 32. The molecule has 4 saturated carbocycles. The Bertz CT molecular complexity index is 7090. The zero-order valence-corrected chi connectivity index (χ0v) is 73.6. The van der Waals surface area contributed by atoms with Gasteiger partial charge in [-0.25, -0.2) is 0 Å². The van der Waals surface area contributed by atoms with Gasteiger partial charge in [0.15, 0.2) is 0 Å². The average molecular weight is 1810 g/mol. The zero-order valence-electron chi connectivity index (χ0n) is 73.6. The maximum atomic E-state index is 5.07. The fourth-order valence-electron chi connectivity index (χ4n) is 27.3. The van der Waals surface area contributed by atoms with E-state index in [1.165, 1.54) is 0 Å². The number of para-hydroxylation sites is 8. The molecule has 8 bridgehead atoms. The first-order valence-electron chi connectivity index (χ1n) is 48.2. The maximum absolute atomic E-state index is 5.07. The Kier molecular flexibility index (Phi) is 18.3. The van der Waals surface area contributed by atoms with Gasteiger partial charge in [-0.15, -0.1) is 40.8 Å². The molecule has 0 amide bonds. The third kappa shape index (κ3) is 12.6.